The molecule has 0 amide bonds. The van der Waals surface area contributed by atoms with Gasteiger partial charge in [-0.1, -0.05) is 6.07 Å². The zero-order valence-electron chi connectivity index (χ0n) is 10.2. The van der Waals surface area contributed by atoms with Crippen molar-refractivity contribution < 1.29 is 9.90 Å². The van der Waals surface area contributed by atoms with E-state index >= 15 is 0 Å². The van der Waals surface area contributed by atoms with E-state index in [1.165, 1.54) is 0 Å². The molecule has 0 saturated carbocycles. The molecule has 0 aliphatic heterocycles. The number of benzene rings is 1. The second-order valence-electron chi connectivity index (χ2n) is 4.70. The Morgan fingerprint density at radius 2 is 2.18 bits per heavy atom. The number of carboxylic acid groups (broad SMARTS) is 1. The van der Waals surface area contributed by atoms with Gasteiger partial charge < -0.3 is 10.4 Å². The van der Waals surface area contributed by atoms with Crippen LogP contribution in [0, 0.1) is 23.7 Å². The number of nitrogens with zero attached hydrogens (tertiary/aromatic N) is 1. The molecule has 0 radical (unpaired) electrons. The number of nitrogens with one attached hydrogen (secondary N) is 1. The van der Waals surface area contributed by atoms with Gasteiger partial charge in [-0.2, -0.15) is 5.26 Å². The van der Waals surface area contributed by atoms with Gasteiger partial charge in [-0.15, -0.1) is 0 Å². The molecule has 0 saturated heterocycles. The Bertz CT molecular complexity index is 473. The quantitative estimate of drug-likeness (QED) is 0.836. The third-order valence-corrected chi connectivity index (χ3v) is 2.60. The van der Waals surface area contributed by atoms with Crippen molar-refractivity contribution in [2.45, 2.75) is 20.8 Å². The number of hydrogen-bond acceptors (Lipinski definition) is 3. The van der Waals surface area contributed by atoms with Crippen LogP contribution in [0.3, 0.4) is 0 Å². The Hall–Kier alpha value is -2.02. The Morgan fingerprint density at radius 1 is 1.53 bits per heavy atom. The zero-order valence-corrected chi connectivity index (χ0v) is 10.2. The van der Waals surface area contributed by atoms with Crippen molar-refractivity contribution in [3.63, 3.8) is 0 Å². The largest absolute Gasteiger partial charge is 0.481 e. The Balaban J connectivity index is 2.86. The topological polar surface area (TPSA) is 73.1 Å². The summed E-state index contributed by atoms with van der Waals surface area (Å²) in [5.74, 6) is -0.865. The van der Waals surface area contributed by atoms with Gasteiger partial charge in [0, 0.05) is 6.54 Å². The van der Waals surface area contributed by atoms with E-state index in [4.69, 9.17) is 10.4 Å². The van der Waals surface area contributed by atoms with Crippen molar-refractivity contribution in [2.24, 2.45) is 5.41 Å². The van der Waals surface area contributed by atoms with E-state index in [2.05, 4.69) is 11.4 Å². The molecule has 0 aliphatic carbocycles. The van der Waals surface area contributed by atoms with Crippen LogP contribution in [-0.2, 0) is 4.79 Å². The second-order valence-corrected chi connectivity index (χ2v) is 4.70. The summed E-state index contributed by atoms with van der Waals surface area (Å²) in [5, 5.41) is 21.0. The fourth-order valence-corrected chi connectivity index (χ4v) is 1.29. The highest BCUT2D eigenvalue weighted by atomic mass is 16.4. The van der Waals surface area contributed by atoms with Crippen LogP contribution in [0.25, 0.3) is 0 Å². The van der Waals surface area contributed by atoms with Gasteiger partial charge in [-0.05, 0) is 38.5 Å². The lowest BCUT2D eigenvalue weighted by Gasteiger charge is -2.20. The molecule has 0 aromatic heterocycles. The minimum absolute atomic E-state index is 0.278. The molecule has 4 nitrogen and oxygen atoms in total. The lowest BCUT2D eigenvalue weighted by Crippen LogP contribution is -2.31. The van der Waals surface area contributed by atoms with Gasteiger partial charge in [0.25, 0.3) is 0 Å². The van der Waals surface area contributed by atoms with Gasteiger partial charge in [-0.25, -0.2) is 0 Å². The highest BCUT2D eigenvalue weighted by Gasteiger charge is 2.26. The fourth-order valence-electron chi connectivity index (χ4n) is 1.29. The van der Waals surface area contributed by atoms with E-state index in [1.54, 1.807) is 19.9 Å². The van der Waals surface area contributed by atoms with Crippen molar-refractivity contribution >= 4 is 11.7 Å². The molecule has 17 heavy (non-hydrogen) atoms. The molecule has 0 aliphatic rings. The van der Waals surface area contributed by atoms with Crippen LogP contribution < -0.4 is 5.32 Å². The molecular formula is C13H16N2O2. The lowest BCUT2D eigenvalue weighted by atomic mass is 9.93. The third-order valence-electron chi connectivity index (χ3n) is 2.60. The summed E-state index contributed by atoms with van der Waals surface area (Å²) in [6.45, 7) is 5.49. The van der Waals surface area contributed by atoms with Crippen molar-refractivity contribution in [3.05, 3.63) is 29.3 Å². The summed E-state index contributed by atoms with van der Waals surface area (Å²) in [5.41, 5.74) is 1.37. The number of carbonyl (C=O) groups is 1. The molecule has 90 valence electrons. The molecule has 0 fully saturated rings. The van der Waals surface area contributed by atoms with Crippen LogP contribution in [0.1, 0.15) is 25.0 Å². The van der Waals surface area contributed by atoms with Crippen molar-refractivity contribution in [1.29, 1.82) is 5.26 Å². The van der Waals surface area contributed by atoms with Crippen molar-refractivity contribution in [3.8, 4) is 6.07 Å². The number of nitriles is 1. The van der Waals surface area contributed by atoms with E-state index in [0.717, 1.165) is 5.56 Å². The van der Waals surface area contributed by atoms with E-state index in [9.17, 15) is 4.79 Å². The Kier molecular flexibility index (Phi) is 3.74. The minimum atomic E-state index is -0.865. The molecule has 2 N–H and O–H groups in total. The van der Waals surface area contributed by atoms with Gasteiger partial charge in [0.05, 0.1) is 16.7 Å². The van der Waals surface area contributed by atoms with Gasteiger partial charge in [0.1, 0.15) is 6.07 Å². The fraction of sp³-hybridized carbons (Fsp3) is 0.385. The van der Waals surface area contributed by atoms with Gasteiger partial charge >= 0.3 is 5.97 Å². The smallest absolute Gasteiger partial charge is 0.310 e. The number of hydrogen-bond donors (Lipinski definition) is 2. The number of aliphatic carboxylic acids is 1. The van der Waals surface area contributed by atoms with E-state index in [-0.39, 0.29) is 6.54 Å². The highest BCUT2D eigenvalue weighted by Crippen LogP contribution is 2.20. The number of carboxylic acids is 1. The van der Waals surface area contributed by atoms with Gasteiger partial charge in [0.2, 0.25) is 0 Å². The number of rotatable bonds is 4. The van der Waals surface area contributed by atoms with Crippen molar-refractivity contribution in [2.75, 3.05) is 11.9 Å². The zero-order chi connectivity index (χ0) is 13.1. The lowest BCUT2D eigenvalue weighted by molar-refractivity contribution is -0.146. The molecule has 4 heteroatoms. The van der Waals surface area contributed by atoms with E-state index in [0.29, 0.717) is 11.3 Å². The van der Waals surface area contributed by atoms with Gasteiger partial charge in [-0.3, -0.25) is 4.79 Å². The molecule has 0 spiro atoms. The maximum atomic E-state index is 11.0. The van der Waals surface area contributed by atoms with Gasteiger partial charge in [0.15, 0.2) is 0 Å². The summed E-state index contributed by atoms with van der Waals surface area (Å²) in [4.78, 5) is 11.0. The van der Waals surface area contributed by atoms with Crippen molar-refractivity contribution in [1.82, 2.24) is 0 Å². The molecular weight excluding hydrogens is 216 g/mol. The Labute approximate surface area is 101 Å². The third kappa shape index (κ3) is 3.22. The molecule has 0 unspecified atom stereocenters. The average Bonchev–Trinajstić information content (AvgIpc) is 2.26. The molecule has 1 aromatic rings. The molecule has 0 heterocycles. The first-order valence-electron chi connectivity index (χ1n) is 5.35. The van der Waals surface area contributed by atoms with Crippen LogP contribution in [0.2, 0.25) is 0 Å². The van der Waals surface area contributed by atoms with Crippen LogP contribution in [-0.4, -0.2) is 17.6 Å². The van der Waals surface area contributed by atoms with Crippen LogP contribution in [0.15, 0.2) is 18.2 Å². The van der Waals surface area contributed by atoms with Crippen LogP contribution in [0.4, 0.5) is 5.69 Å². The maximum Gasteiger partial charge on any atom is 0.310 e. The monoisotopic (exact) mass is 232 g/mol. The highest BCUT2D eigenvalue weighted by molar-refractivity contribution is 5.74. The SMILES string of the molecule is Cc1ccc(C#N)c(NCC(C)(C)C(=O)O)c1. The second kappa shape index (κ2) is 4.88. The minimum Gasteiger partial charge on any atom is -0.481 e. The summed E-state index contributed by atoms with van der Waals surface area (Å²) in [6.07, 6.45) is 0. The molecule has 0 bridgehead atoms. The molecule has 0 atom stereocenters. The molecule has 1 rings (SSSR count). The van der Waals surface area contributed by atoms with E-state index < -0.39 is 11.4 Å². The summed E-state index contributed by atoms with van der Waals surface area (Å²) >= 11 is 0. The number of aryl methyl sites for hydroxylation is 1. The standard InChI is InChI=1S/C13H16N2O2/c1-9-4-5-10(7-14)11(6-9)15-8-13(2,3)12(16)17/h4-6,15H,8H2,1-3H3,(H,16,17). The number of anilines is 1. The predicted octanol–water partition coefficient (Wildman–Crippen LogP) is 2.39. The average molecular weight is 232 g/mol. The first kappa shape index (κ1) is 13.0. The predicted molar refractivity (Wildman–Crippen MR) is 65.8 cm³/mol. The maximum absolute atomic E-state index is 11.0. The Morgan fingerprint density at radius 3 is 2.71 bits per heavy atom. The molecule has 1 aromatic carbocycles. The van der Waals surface area contributed by atoms with Crippen LogP contribution >= 0.6 is 0 Å². The first-order valence-corrected chi connectivity index (χ1v) is 5.35. The normalized spacial score (nSPS) is 10.7. The summed E-state index contributed by atoms with van der Waals surface area (Å²) < 4.78 is 0. The summed E-state index contributed by atoms with van der Waals surface area (Å²) in [6, 6.07) is 7.50. The van der Waals surface area contributed by atoms with Crippen LogP contribution in [0.5, 0.6) is 0 Å². The first-order chi connectivity index (χ1) is 7.86. The summed E-state index contributed by atoms with van der Waals surface area (Å²) in [7, 11) is 0. The van der Waals surface area contributed by atoms with E-state index in [1.807, 2.05) is 19.1 Å².